The first kappa shape index (κ1) is 17.9. The maximum Gasteiger partial charge on any atom is 0.260 e. The van der Waals surface area contributed by atoms with E-state index in [0.29, 0.717) is 29.7 Å². The van der Waals surface area contributed by atoms with Crippen LogP contribution in [0.15, 0.2) is 48.5 Å². The van der Waals surface area contributed by atoms with Gasteiger partial charge in [-0.1, -0.05) is 23.7 Å². The molecule has 0 heterocycles. The molecule has 0 bridgehead atoms. The van der Waals surface area contributed by atoms with Crippen molar-refractivity contribution in [3.05, 3.63) is 53.6 Å². The van der Waals surface area contributed by atoms with Crippen molar-refractivity contribution in [3.8, 4) is 17.2 Å². The zero-order chi connectivity index (χ0) is 17.4. The van der Waals surface area contributed by atoms with Gasteiger partial charge in [0.2, 0.25) is 0 Å². The second-order valence-electron chi connectivity index (χ2n) is 5.01. The SMILES string of the molecule is COc1ccc(O[C@H](C)C(=O)NCCOc2ccccc2Cl)cc1. The quantitative estimate of drug-likeness (QED) is 0.743. The third kappa shape index (κ3) is 5.35. The minimum Gasteiger partial charge on any atom is -0.497 e. The summed E-state index contributed by atoms with van der Waals surface area (Å²) in [5, 5.41) is 3.30. The molecule has 5 nitrogen and oxygen atoms in total. The molecule has 1 atom stereocenters. The molecule has 0 spiro atoms. The normalized spacial score (nSPS) is 11.5. The average molecular weight is 350 g/mol. The fraction of sp³-hybridized carbons (Fsp3) is 0.278. The highest BCUT2D eigenvalue weighted by atomic mass is 35.5. The van der Waals surface area contributed by atoms with Crippen LogP contribution in [-0.4, -0.2) is 32.3 Å². The summed E-state index contributed by atoms with van der Waals surface area (Å²) in [6.07, 6.45) is -0.612. The molecule has 0 aliphatic rings. The zero-order valence-electron chi connectivity index (χ0n) is 13.6. The zero-order valence-corrected chi connectivity index (χ0v) is 14.4. The van der Waals surface area contributed by atoms with Gasteiger partial charge in [0.25, 0.3) is 5.91 Å². The topological polar surface area (TPSA) is 56.8 Å². The van der Waals surface area contributed by atoms with Gasteiger partial charge in [-0.15, -0.1) is 0 Å². The second-order valence-corrected chi connectivity index (χ2v) is 5.41. The lowest BCUT2D eigenvalue weighted by atomic mass is 10.3. The van der Waals surface area contributed by atoms with Crippen molar-refractivity contribution < 1.29 is 19.0 Å². The highest BCUT2D eigenvalue weighted by Gasteiger charge is 2.14. The summed E-state index contributed by atoms with van der Waals surface area (Å²) in [6, 6.07) is 14.3. The number of amides is 1. The van der Waals surface area contributed by atoms with Crippen molar-refractivity contribution in [2.75, 3.05) is 20.3 Å². The fourth-order valence-electron chi connectivity index (χ4n) is 1.95. The molecule has 0 radical (unpaired) electrons. The number of halogens is 1. The molecule has 1 amide bonds. The molecule has 1 N–H and O–H groups in total. The number of methoxy groups -OCH3 is 1. The van der Waals surface area contributed by atoms with Gasteiger partial charge < -0.3 is 19.5 Å². The van der Waals surface area contributed by atoms with Crippen molar-refractivity contribution in [1.82, 2.24) is 5.32 Å². The van der Waals surface area contributed by atoms with Crippen LogP contribution in [0.4, 0.5) is 0 Å². The van der Waals surface area contributed by atoms with Crippen LogP contribution in [0.1, 0.15) is 6.92 Å². The van der Waals surface area contributed by atoms with Gasteiger partial charge in [-0.25, -0.2) is 0 Å². The van der Waals surface area contributed by atoms with E-state index in [1.807, 2.05) is 12.1 Å². The number of hydrogen-bond donors (Lipinski definition) is 1. The highest BCUT2D eigenvalue weighted by molar-refractivity contribution is 6.32. The summed E-state index contributed by atoms with van der Waals surface area (Å²) in [5.41, 5.74) is 0. The summed E-state index contributed by atoms with van der Waals surface area (Å²) < 4.78 is 16.2. The van der Waals surface area contributed by atoms with Crippen molar-refractivity contribution in [1.29, 1.82) is 0 Å². The summed E-state index contributed by atoms with van der Waals surface area (Å²) in [4.78, 5) is 12.0. The average Bonchev–Trinajstić information content (AvgIpc) is 2.60. The molecule has 128 valence electrons. The van der Waals surface area contributed by atoms with Crippen LogP contribution < -0.4 is 19.5 Å². The van der Waals surface area contributed by atoms with Crippen LogP contribution in [0.25, 0.3) is 0 Å². The molecule has 2 aromatic carbocycles. The first-order valence-corrected chi connectivity index (χ1v) is 7.93. The highest BCUT2D eigenvalue weighted by Crippen LogP contribution is 2.22. The Balaban J connectivity index is 1.72. The monoisotopic (exact) mass is 349 g/mol. The Morgan fingerprint density at radius 2 is 1.79 bits per heavy atom. The Morgan fingerprint density at radius 1 is 1.12 bits per heavy atom. The van der Waals surface area contributed by atoms with E-state index in [0.717, 1.165) is 5.75 Å². The van der Waals surface area contributed by atoms with Crippen molar-refractivity contribution >= 4 is 17.5 Å². The fourth-order valence-corrected chi connectivity index (χ4v) is 2.14. The summed E-state index contributed by atoms with van der Waals surface area (Å²) in [7, 11) is 1.59. The molecule has 6 heteroatoms. The van der Waals surface area contributed by atoms with E-state index in [9.17, 15) is 4.79 Å². The van der Waals surface area contributed by atoms with Gasteiger partial charge in [0, 0.05) is 0 Å². The molecule has 0 fully saturated rings. The number of hydrogen-bond acceptors (Lipinski definition) is 4. The molecule has 0 aliphatic heterocycles. The van der Waals surface area contributed by atoms with Crippen molar-refractivity contribution in [3.63, 3.8) is 0 Å². The summed E-state index contributed by atoms with van der Waals surface area (Å²) >= 11 is 5.99. The van der Waals surface area contributed by atoms with Crippen LogP contribution in [-0.2, 0) is 4.79 Å². The Bertz CT molecular complexity index is 660. The number of nitrogens with one attached hydrogen (secondary N) is 1. The molecule has 0 aliphatic carbocycles. The molecule has 2 rings (SSSR count). The minimum atomic E-state index is -0.612. The summed E-state index contributed by atoms with van der Waals surface area (Å²) in [5.74, 6) is 1.71. The maximum absolute atomic E-state index is 12.0. The van der Waals surface area contributed by atoms with E-state index < -0.39 is 6.10 Å². The third-order valence-corrected chi connectivity index (χ3v) is 3.55. The predicted octanol–water partition coefficient (Wildman–Crippen LogP) is 3.31. The number of ether oxygens (including phenoxy) is 3. The van der Waals surface area contributed by atoms with E-state index in [2.05, 4.69) is 5.32 Å². The summed E-state index contributed by atoms with van der Waals surface area (Å²) in [6.45, 7) is 2.37. The predicted molar refractivity (Wildman–Crippen MR) is 93.0 cm³/mol. The van der Waals surface area contributed by atoms with Crippen LogP contribution in [0, 0.1) is 0 Å². The Hall–Kier alpha value is -2.40. The lowest BCUT2D eigenvalue weighted by Crippen LogP contribution is -2.38. The van der Waals surface area contributed by atoms with Gasteiger partial charge in [-0.2, -0.15) is 0 Å². The first-order chi connectivity index (χ1) is 11.6. The van der Waals surface area contributed by atoms with Crippen LogP contribution in [0.2, 0.25) is 5.02 Å². The van der Waals surface area contributed by atoms with Gasteiger partial charge in [0.05, 0.1) is 18.7 Å². The molecule has 0 saturated carbocycles. The van der Waals surface area contributed by atoms with Gasteiger partial charge in [-0.3, -0.25) is 4.79 Å². The Kier molecular flexibility index (Phi) is 6.75. The largest absolute Gasteiger partial charge is 0.497 e. The molecule has 24 heavy (non-hydrogen) atoms. The van der Waals surface area contributed by atoms with E-state index in [1.54, 1.807) is 50.4 Å². The van der Waals surface area contributed by atoms with E-state index >= 15 is 0 Å². The lowest BCUT2D eigenvalue weighted by molar-refractivity contribution is -0.127. The van der Waals surface area contributed by atoms with Crippen LogP contribution in [0.5, 0.6) is 17.2 Å². The van der Waals surface area contributed by atoms with Crippen LogP contribution >= 0.6 is 11.6 Å². The number of benzene rings is 2. The molecule has 0 aromatic heterocycles. The molecule has 0 saturated heterocycles. The standard InChI is InChI=1S/C18H20ClNO4/c1-13(24-15-9-7-14(22-2)8-10-15)18(21)20-11-12-23-17-6-4-3-5-16(17)19/h3-10,13H,11-12H2,1-2H3,(H,20,21)/t13-/m1/s1. The second kappa shape index (κ2) is 9.03. The number of para-hydroxylation sites is 1. The molecule has 0 unspecified atom stereocenters. The Labute approximate surface area is 146 Å². The minimum absolute atomic E-state index is 0.214. The Morgan fingerprint density at radius 3 is 2.46 bits per heavy atom. The maximum atomic E-state index is 12.0. The number of carbonyl (C=O) groups is 1. The van der Waals surface area contributed by atoms with Gasteiger partial charge in [0.1, 0.15) is 23.9 Å². The van der Waals surface area contributed by atoms with Crippen molar-refractivity contribution in [2.45, 2.75) is 13.0 Å². The number of carbonyl (C=O) groups excluding carboxylic acids is 1. The van der Waals surface area contributed by atoms with Crippen LogP contribution in [0.3, 0.4) is 0 Å². The van der Waals surface area contributed by atoms with E-state index in [4.69, 9.17) is 25.8 Å². The van der Waals surface area contributed by atoms with Gasteiger partial charge in [-0.05, 0) is 43.3 Å². The first-order valence-electron chi connectivity index (χ1n) is 7.56. The third-order valence-electron chi connectivity index (χ3n) is 3.24. The van der Waals surface area contributed by atoms with Gasteiger partial charge in [0.15, 0.2) is 6.10 Å². The smallest absolute Gasteiger partial charge is 0.260 e. The van der Waals surface area contributed by atoms with E-state index in [1.165, 1.54) is 0 Å². The van der Waals surface area contributed by atoms with Crippen molar-refractivity contribution in [2.24, 2.45) is 0 Å². The lowest BCUT2D eigenvalue weighted by Gasteiger charge is -2.15. The molecular weight excluding hydrogens is 330 g/mol. The molecule has 2 aromatic rings. The van der Waals surface area contributed by atoms with E-state index in [-0.39, 0.29) is 5.91 Å². The molecular formula is C18H20ClNO4. The van der Waals surface area contributed by atoms with Gasteiger partial charge >= 0.3 is 0 Å². The number of rotatable bonds is 8.